The van der Waals surface area contributed by atoms with Crippen LogP contribution < -0.4 is 0 Å². The van der Waals surface area contributed by atoms with Gasteiger partial charge in [-0.1, -0.05) is 62.4 Å². The fourth-order valence-electron chi connectivity index (χ4n) is 5.61. The molecular formula is C25H26N2O2. The Morgan fingerprint density at radius 3 is 1.66 bits per heavy atom. The van der Waals surface area contributed by atoms with E-state index >= 15 is 0 Å². The van der Waals surface area contributed by atoms with Crippen molar-refractivity contribution >= 4 is 11.8 Å². The highest BCUT2D eigenvalue weighted by Gasteiger charge is 2.52. The Balaban J connectivity index is 1.37. The molecule has 0 radical (unpaired) electrons. The van der Waals surface area contributed by atoms with Crippen molar-refractivity contribution in [2.75, 3.05) is 0 Å². The topological polar surface area (TPSA) is 43.2 Å². The lowest BCUT2D eigenvalue weighted by Crippen LogP contribution is -2.40. The molecule has 0 spiro atoms. The van der Waals surface area contributed by atoms with Gasteiger partial charge in [0.2, 0.25) is 0 Å². The molecule has 0 amide bonds. The fourth-order valence-corrected chi connectivity index (χ4v) is 5.61. The third-order valence-corrected chi connectivity index (χ3v) is 7.36. The molecule has 0 saturated heterocycles. The van der Waals surface area contributed by atoms with E-state index < -0.39 is 0 Å². The number of aliphatic imine (C=N–C) groups is 2. The molecule has 29 heavy (non-hydrogen) atoms. The lowest BCUT2D eigenvalue weighted by Gasteiger charge is -2.31. The fraction of sp³-hybridized carbons (Fsp3) is 0.440. The van der Waals surface area contributed by atoms with Crippen LogP contribution in [0.4, 0.5) is 0 Å². The van der Waals surface area contributed by atoms with Gasteiger partial charge in [0.05, 0.1) is 0 Å². The van der Waals surface area contributed by atoms with E-state index in [1.54, 1.807) is 0 Å². The smallest absolute Gasteiger partial charge is 0.200 e. The van der Waals surface area contributed by atoms with Crippen molar-refractivity contribution in [2.45, 2.75) is 63.8 Å². The number of benzene rings is 2. The van der Waals surface area contributed by atoms with E-state index in [1.165, 1.54) is 22.3 Å². The first-order chi connectivity index (χ1) is 14.2. The van der Waals surface area contributed by atoms with Gasteiger partial charge in [-0.2, -0.15) is 0 Å². The normalized spacial score (nSPS) is 28.6. The molecule has 2 aliphatic heterocycles. The third-order valence-electron chi connectivity index (χ3n) is 7.36. The number of rotatable bonds is 4. The van der Waals surface area contributed by atoms with Gasteiger partial charge in [0, 0.05) is 12.8 Å². The Morgan fingerprint density at radius 2 is 1.21 bits per heavy atom. The van der Waals surface area contributed by atoms with Crippen molar-refractivity contribution in [1.82, 2.24) is 0 Å². The third kappa shape index (κ3) is 2.32. The molecule has 4 heteroatoms. The van der Waals surface area contributed by atoms with Crippen LogP contribution in [-0.2, 0) is 22.3 Å². The summed E-state index contributed by atoms with van der Waals surface area (Å²) in [7, 11) is 0. The standard InChI is InChI=1S/C25H26N2O2/c1-3-25(4-2,23-26-21-17-11-7-5-9-15(17)13-19(21)28-23)24-27-22-18-12-8-6-10-16(18)14-20(22)29-24/h5-12,19-22H,3-4,13-14H2,1-2H3/t19-,20-,21+,22+/m1/s1. The molecule has 4 aliphatic rings. The van der Waals surface area contributed by atoms with E-state index in [9.17, 15) is 0 Å². The van der Waals surface area contributed by atoms with Crippen molar-refractivity contribution in [1.29, 1.82) is 0 Å². The van der Waals surface area contributed by atoms with Gasteiger partial charge in [-0.05, 0) is 35.1 Å². The van der Waals surface area contributed by atoms with Gasteiger partial charge in [-0.3, -0.25) is 0 Å². The second-order valence-electron chi connectivity index (χ2n) is 8.67. The first-order valence-corrected chi connectivity index (χ1v) is 10.9. The summed E-state index contributed by atoms with van der Waals surface area (Å²) in [5.74, 6) is 1.66. The van der Waals surface area contributed by atoms with Gasteiger partial charge in [0.25, 0.3) is 0 Å². The minimum absolute atomic E-state index is 0.112. The zero-order chi connectivity index (χ0) is 19.6. The average molecular weight is 386 g/mol. The van der Waals surface area contributed by atoms with Crippen LogP contribution in [-0.4, -0.2) is 24.0 Å². The molecular weight excluding hydrogens is 360 g/mol. The van der Waals surface area contributed by atoms with Gasteiger partial charge in [-0.15, -0.1) is 0 Å². The van der Waals surface area contributed by atoms with Crippen LogP contribution in [0.3, 0.4) is 0 Å². The summed E-state index contributed by atoms with van der Waals surface area (Å²) in [5, 5.41) is 0. The van der Waals surface area contributed by atoms with Crippen LogP contribution >= 0.6 is 0 Å². The Morgan fingerprint density at radius 1 is 0.759 bits per heavy atom. The maximum atomic E-state index is 6.51. The maximum Gasteiger partial charge on any atom is 0.200 e. The molecule has 4 nitrogen and oxygen atoms in total. The maximum absolute atomic E-state index is 6.51. The Labute approximate surface area is 171 Å². The van der Waals surface area contributed by atoms with E-state index in [0.29, 0.717) is 0 Å². The highest BCUT2D eigenvalue weighted by Crippen LogP contribution is 2.48. The monoisotopic (exact) mass is 386 g/mol. The number of ether oxygens (including phenoxy) is 2. The first kappa shape index (κ1) is 17.3. The summed E-state index contributed by atoms with van der Waals surface area (Å²) in [6.45, 7) is 4.40. The largest absolute Gasteiger partial charge is 0.474 e. The summed E-state index contributed by atoms with van der Waals surface area (Å²) in [6, 6.07) is 17.4. The van der Waals surface area contributed by atoms with Crippen LogP contribution in [0.15, 0.2) is 58.5 Å². The van der Waals surface area contributed by atoms with Crippen molar-refractivity contribution in [3.8, 4) is 0 Å². The van der Waals surface area contributed by atoms with Crippen LogP contribution in [0.1, 0.15) is 61.0 Å². The predicted octanol–water partition coefficient (Wildman–Crippen LogP) is 4.98. The van der Waals surface area contributed by atoms with E-state index in [4.69, 9.17) is 19.5 Å². The van der Waals surface area contributed by atoms with Crippen molar-refractivity contribution in [3.63, 3.8) is 0 Å². The minimum Gasteiger partial charge on any atom is -0.474 e. The molecule has 2 aromatic carbocycles. The summed E-state index contributed by atoms with van der Waals surface area (Å²) in [6.07, 6.45) is 3.85. The van der Waals surface area contributed by atoms with E-state index in [2.05, 4.69) is 62.4 Å². The first-order valence-electron chi connectivity index (χ1n) is 10.9. The van der Waals surface area contributed by atoms with Crippen LogP contribution in [0.2, 0.25) is 0 Å². The number of hydrogen-bond donors (Lipinski definition) is 0. The summed E-state index contributed by atoms with van der Waals surface area (Å²) >= 11 is 0. The molecule has 2 aromatic rings. The van der Waals surface area contributed by atoms with Gasteiger partial charge >= 0.3 is 0 Å². The van der Waals surface area contributed by atoms with Gasteiger partial charge in [-0.25, -0.2) is 9.98 Å². The second-order valence-corrected chi connectivity index (χ2v) is 8.67. The molecule has 6 rings (SSSR count). The lowest BCUT2D eigenvalue weighted by atomic mass is 9.81. The van der Waals surface area contributed by atoms with Gasteiger partial charge < -0.3 is 9.47 Å². The molecule has 2 heterocycles. The lowest BCUT2D eigenvalue weighted by molar-refractivity contribution is 0.160. The summed E-state index contributed by atoms with van der Waals surface area (Å²) in [4.78, 5) is 10.2. The summed E-state index contributed by atoms with van der Waals surface area (Å²) in [5.41, 5.74) is 5.00. The van der Waals surface area contributed by atoms with Crippen LogP contribution in [0, 0.1) is 5.41 Å². The quantitative estimate of drug-likeness (QED) is 0.744. The number of fused-ring (bicyclic) bond motifs is 6. The van der Waals surface area contributed by atoms with Crippen molar-refractivity contribution < 1.29 is 9.47 Å². The minimum atomic E-state index is -0.363. The number of hydrogen-bond acceptors (Lipinski definition) is 4. The average Bonchev–Trinajstić information content (AvgIpc) is 3.48. The second kappa shape index (κ2) is 6.19. The number of nitrogens with zero attached hydrogens (tertiary/aromatic N) is 2. The molecule has 148 valence electrons. The van der Waals surface area contributed by atoms with Crippen LogP contribution in [0.5, 0.6) is 0 Å². The molecule has 4 atom stereocenters. The SMILES string of the molecule is CCC(CC)(C1=N[C@H]2c3ccccc3C[C@H]2O1)C1=N[C@H]2c3ccccc3C[C@H]2O1. The molecule has 0 saturated carbocycles. The van der Waals surface area contributed by atoms with Gasteiger partial charge in [0.15, 0.2) is 11.8 Å². The zero-order valence-electron chi connectivity index (χ0n) is 17.0. The Kier molecular flexibility index (Phi) is 3.68. The highest BCUT2D eigenvalue weighted by atomic mass is 16.5. The van der Waals surface area contributed by atoms with Crippen molar-refractivity contribution in [2.24, 2.45) is 15.4 Å². The van der Waals surface area contributed by atoms with Crippen LogP contribution in [0.25, 0.3) is 0 Å². The zero-order valence-corrected chi connectivity index (χ0v) is 17.0. The molecule has 0 N–H and O–H groups in total. The molecule has 0 aromatic heterocycles. The predicted molar refractivity (Wildman–Crippen MR) is 113 cm³/mol. The van der Waals surface area contributed by atoms with E-state index in [0.717, 1.165) is 37.5 Å². The Hall–Kier alpha value is -2.62. The van der Waals surface area contributed by atoms with Gasteiger partial charge in [0.1, 0.15) is 29.7 Å². The summed E-state index contributed by atoms with van der Waals surface area (Å²) < 4.78 is 13.0. The molecule has 0 unspecified atom stereocenters. The molecule has 2 aliphatic carbocycles. The van der Waals surface area contributed by atoms with Crippen molar-refractivity contribution in [3.05, 3.63) is 70.8 Å². The van der Waals surface area contributed by atoms with E-state index in [-0.39, 0.29) is 29.7 Å². The Bertz CT molecular complexity index is 957. The van der Waals surface area contributed by atoms with E-state index in [1.807, 2.05) is 0 Å². The molecule has 0 bridgehead atoms. The molecule has 0 fully saturated rings. The highest BCUT2D eigenvalue weighted by molar-refractivity contribution is 6.06.